The van der Waals surface area contributed by atoms with Crippen LogP contribution in [0.1, 0.15) is 23.6 Å². The number of benzene rings is 2. The lowest BCUT2D eigenvalue weighted by atomic mass is 10.1. The quantitative estimate of drug-likeness (QED) is 0.836. The molecule has 3 nitrogen and oxygen atoms in total. The zero-order chi connectivity index (χ0) is 17.5. The van der Waals surface area contributed by atoms with E-state index in [9.17, 15) is 13.4 Å². The SMILES string of the molecule is Cc1cccc(C[S@](=O)[C@@H](C)C(=O)NCCc2ccc(F)cc2)c1. The van der Waals surface area contributed by atoms with Crippen LogP contribution in [0.3, 0.4) is 0 Å². The molecule has 0 fully saturated rings. The number of hydrogen-bond donors (Lipinski definition) is 1. The molecule has 1 amide bonds. The second-order valence-corrected chi connectivity index (χ2v) is 7.58. The summed E-state index contributed by atoms with van der Waals surface area (Å²) >= 11 is 0. The number of halogens is 1. The van der Waals surface area contributed by atoms with Crippen molar-refractivity contribution in [3.8, 4) is 0 Å². The molecule has 0 unspecified atom stereocenters. The van der Waals surface area contributed by atoms with Crippen LogP contribution in [-0.2, 0) is 27.8 Å². The van der Waals surface area contributed by atoms with E-state index in [0.29, 0.717) is 18.7 Å². The smallest absolute Gasteiger partial charge is 0.235 e. The van der Waals surface area contributed by atoms with Crippen molar-refractivity contribution in [2.24, 2.45) is 0 Å². The monoisotopic (exact) mass is 347 g/mol. The van der Waals surface area contributed by atoms with Crippen LogP contribution >= 0.6 is 0 Å². The largest absolute Gasteiger partial charge is 0.355 e. The van der Waals surface area contributed by atoms with Gasteiger partial charge in [0, 0.05) is 23.1 Å². The fourth-order valence-corrected chi connectivity index (χ4v) is 3.42. The van der Waals surface area contributed by atoms with Crippen molar-refractivity contribution >= 4 is 16.7 Å². The number of carbonyl (C=O) groups excluding carboxylic acids is 1. The second kappa shape index (κ2) is 8.73. The Morgan fingerprint density at radius 3 is 2.54 bits per heavy atom. The Morgan fingerprint density at radius 1 is 1.17 bits per heavy atom. The van der Waals surface area contributed by atoms with Crippen molar-refractivity contribution in [3.05, 3.63) is 71.0 Å². The van der Waals surface area contributed by atoms with Crippen LogP contribution in [0, 0.1) is 12.7 Å². The van der Waals surface area contributed by atoms with E-state index < -0.39 is 16.0 Å². The molecule has 2 rings (SSSR count). The molecule has 24 heavy (non-hydrogen) atoms. The van der Waals surface area contributed by atoms with Gasteiger partial charge in [0.25, 0.3) is 0 Å². The molecule has 2 atom stereocenters. The zero-order valence-electron chi connectivity index (χ0n) is 13.9. The maximum atomic E-state index is 12.8. The fraction of sp³-hybridized carbons (Fsp3) is 0.316. The first-order chi connectivity index (χ1) is 11.5. The summed E-state index contributed by atoms with van der Waals surface area (Å²) in [6.07, 6.45) is 0.614. The summed E-state index contributed by atoms with van der Waals surface area (Å²) < 4.78 is 25.2. The van der Waals surface area contributed by atoms with Gasteiger partial charge in [-0.15, -0.1) is 0 Å². The molecule has 0 radical (unpaired) electrons. The van der Waals surface area contributed by atoms with Gasteiger partial charge in [-0.2, -0.15) is 0 Å². The summed E-state index contributed by atoms with van der Waals surface area (Å²) in [6, 6.07) is 14.0. The van der Waals surface area contributed by atoms with Crippen molar-refractivity contribution < 1.29 is 13.4 Å². The summed E-state index contributed by atoms with van der Waals surface area (Å²) in [6.45, 7) is 4.10. The van der Waals surface area contributed by atoms with Gasteiger partial charge in [0.2, 0.25) is 5.91 Å². The lowest BCUT2D eigenvalue weighted by Crippen LogP contribution is -2.36. The third-order valence-corrected chi connectivity index (χ3v) is 5.40. The Bertz CT molecular complexity index is 716. The van der Waals surface area contributed by atoms with Crippen LogP contribution in [0.2, 0.25) is 0 Å². The second-order valence-electron chi connectivity index (χ2n) is 5.82. The van der Waals surface area contributed by atoms with E-state index in [1.54, 1.807) is 19.1 Å². The van der Waals surface area contributed by atoms with Crippen LogP contribution in [0.15, 0.2) is 48.5 Å². The number of hydrogen-bond acceptors (Lipinski definition) is 2. The van der Waals surface area contributed by atoms with E-state index in [1.807, 2.05) is 31.2 Å². The normalized spacial score (nSPS) is 13.3. The average molecular weight is 347 g/mol. The summed E-state index contributed by atoms with van der Waals surface area (Å²) in [5.74, 6) is -0.125. The van der Waals surface area contributed by atoms with Crippen molar-refractivity contribution in [1.82, 2.24) is 5.32 Å². The molecule has 2 aromatic rings. The predicted molar refractivity (Wildman–Crippen MR) is 95.6 cm³/mol. The highest BCUT2D eigenvalue weighted by atomic mass is 32.2. The first-order valence-electron chi connectivity index (χ1n) is 7.90. The highest BCUT2D eigenvalue weighted by Crippen LogP contribution is 2.10. The van der Waals surface area contributed by atoms with Gasteiger partial charge in [-0.25, -0.2) is 4.39 Å². The highest BCUT2D eigenvalue weighted by Gasteiger charge is 2.19. The van der Waals surface area contributed by atoms with Crippen LogP contribution in [0.25, 0.3) is 0 Å². The molecule has 0 aliphatic carbocycles. The standard InChI is InChI=1S/C19H22FNO2S/c1-14-4-3-5-17(12-14)13-24(23)15(2)19(22)21-11-10-16-6-8-18(20)9-7-16/h3-9,12,15H,10-11,13H2,1-2H3,(H,21,22)/t15-,24-/m0/s1. The van der Waals surface area contributed by atoms with Gasteiger partial charge >= 0.3 is 0 Å². The predicted octanol–water partition coefficient (Wildman–Crippen LogP) is 3.13. The minimum absolute atomic E-state index is 0.219. The summed E-state index contributed by atoms with van der Waals surface area (Å²) in [7, 11) is -1.27. The minimum atomic E-state index is -1.27. The number of carbonyl (C=O) groups is 1. The van der Waals surface area contributed by atoms with E-state index in [4.69, 9.17) is 0 Å². The molecule has 5 heteroatoms. The zero-order valence-corrected chi connectivity index (χ0v) is 14.7. The number of aryl methyl sites for hydroxylation is 1. The minimum Gasteiger partial charge on any atom is -0.355 e. The van der Waals surface area contributed by atoms with Crippen molar-refractivity contribution in [2.45, 2.75) is 31.3 Å². The molecular weight excluding hydrogens is 325 g/mol. The van der Waals surface area contributed by atoms with Gasteiger partial charge in [-0.05, 0) is 43.5 Å². The van der Waals surface area contributed by atoms with Crippen LogP contribution in [0.4, 0.5) is 4.39 Å². The van der Waals surface area contributed by atoms with Gasteiger partial charge in [0.15, 0.2) is 0 Å². The van der Waals surface area contributed by atoms with Crippen LogP contribution in [0.5, 0.6) is 0 Å². The Morgan fingerprint density at radius 2 is 1.88 bits per heavy atom. The average Bonchev–Trinajstić information content (AvgIpc) is 2.56. The van der Waals surface area contributed by atoms with Crippen molar-refractivity contribution in [1.29, 1.82) is 0 Å². The topological polar surface area (TPSA) is 46.2 Å². The maximum Gasteiger partial charge on any atom is 0.235 e. The molecule has 0 aromatic heterocycles. The van der Waals surface area contributed by atoms with Gasteiger partial charge in [0.05, 0.1) is 0 Å². The van der Waals surface area contributed by atoms with Gasteiger partial charge in [-0.1, -0.05) is 42.0 Å². The van der Waals surface area contributed by atoms with Crippen LogP contribution in [-0.4, -0.2) is 21.9 Å². The lowest BCUT2D eigenvalue weighted by molar-refractivity contribution is -0.120. The highest BCUT2D eigenvalue weighted by molar-refractivity contribution is 7.85. The molecule has 0 aliphatic heterocycles. The first-order valence-corrected chi connectivity index (χ1v) is 9.29. The summed E-state index contributed by atoms with van der Waals surface area (Å²) in [4.78, 5) is 12.1. The molecule has 0 bridgehead atoms. The van der Waals surface area contributed by atoms with E-state index in [1.165, 1.54) is 12.1 Å². The third-order valence-electron chi connectivity index (χ3n) is 3.78. The van der Waals surface area contributed by atoms with Crippen molar-refractivity contribution in [3.63, 3.8) is 0 Å². The van der Waals surface area contributed by atoms with E-state index in [-0.39, 0.29) is 11.7 Å². The Labute approximate surface area is 144 Å². The molecule has 0 heterocycles. The van der Waals surface area contributed by atoms with E-state index in [2.05, 4.69) is 5.32 Å². The lowest BCUT2D eigenvalue weighted by Gasteiger charge is -2.12. The maximum absolute atomic E-state index is 12.8. The third kappa shape index (κ3) is 5.57. The first kappa shape index (κ1) is 18.3. The Balaban J connectivity index is 1.80. The van der Waals surface area contributed by atoms with E-state index >= 15 is 0 Å². The molecule has 128 valence electrons. The summed E-state index contributed by atoms with van der Waals surface area (Å²) in [5.41, 5.74) is 3.03. The van der Waals surface area contributed by atoms with E-state index in [0.717, 1.165) is 16.7 Å². The van der Waals surface area contributed by atoms with Gasteiger partial charge < -0.3 is 5.32 Å². The molecule has 1 N–H and O–H groups in total. The van der Waals surface area contributed by atoms with Crippen molar-refractivity contribution in [2.75, 3.05) is 6.54 Å². The molecule has 0 aliphatic rings. The summed E-state index contributed by atoms with van der Waals surface area (Å²) in [5, 5.41) is 2.23. The number of nitrogens with one attached hydrogen (secondary N) is 1. The molecule has 0 spiro atoms. The van der Waals surface area contributed by atoms with Gasteiger partial charge in [0.1, 0.15) is 11.1 Å². The fourth-order valence-electron chi connectivity index (χ4n) is 2.34. The van der Waals surface area contributed by atoms with Gasteiger partial charge in [-0.3, -0.25) is 9.00 Å². The molecule has 0 saturated heterocycles. The number of rotatable bonds is 7. The Hall–Kier alpha value is -2.01. The Kier molecular flexibility index (Phi) is 6.67. The molecule has 0 saturated carbocycles. The number of amides is 1. The van der Waals surface area contributed by atoms with Crippen LogP contribution < -0.4 is 5.32 Å². The molecule has 2 aromatic carbocycles. The molecular formula is C19H22FNO2S.